The molecule has 7 nitrogen and oxygen atoms in total. The van der Waals surface area contributed by atoms with Gasteiger partial charge in [0.15, 0.2) is 0 Å². The van der Waals surface area contributed by atoms with Gasteiger partial charge < -0.3 is 4.90 Å². The van der Waals surface area contributed by atoms with Crippen molar-refractivity contribution in [1.82, 2.24) is 5.43 Å². The lowest BCUT2D eigenvalue weighted by Gasteiger charge is -2.21. The van der Waals surface area contributed by atoms with Gasteiger partial charge in [0.1, 0.15) is 6.54 Å². The number of rotatable bonds is 7. The highest BCUT2D eigenvalue weighted by molar-refractivity contribution is 14.1. The first-order valence-electron chi connectivity index (χ1n) is 8.10. The zero-order valence-electron chi connectivity index (χ0n) is 15.6. The maximum absolute atomic E-state index is 12.2. The molecule has 0 spiro atoms. The molecule has 0 fully saturated rings. The summed E-state index contributed by atoms with van der Waals surface area (Å²) in [5, 5.41) is 3.92. The predicted molar refractivity (Wildman–Crippen MR) is 126 cm³/mol. The van der Waals surface area contributed by atoms with Crippen LogP contribution in [0.2, 0.25) is 0 Å². The quantitative estimate of drug-likeness (QED) is 0.311. The van der Waals surface area contributed by atoms with Crippen LogP contribution >= 0.6 is 38.5 Å². The van der Waals surface area contributed by atoms with E-state index in [-0.39, 0.29) is 6.54 Å². The predicted octanol–water partition coefficient (Wildman–Crippen LogP) is 3.04. The van der Waals surface area contributed by atoms with Crippen LogP contribution < -0.4 is 14.6 Å². The van der Waals surface area contributed by atoms with Gasteiger partial charge in [-0.3, -0.25) is 9.10 Å². The van der Waals surface area contributed by atoms with Gasteiger partial charge in [0.05, 0.1) is 23.8 Å². The van der Waals surface area contributed by atoms with E-state index in [2.05, 4.69) is 49.0 Å². The zero-order chi connectivity index (χ0) is 20.9. The third-order valence-electron chi connectivity index (χ3n) is 3.66. The Bertz CT molecular complexity index is 979. The van der Waals surface area contributed by atoms with Crippen LogP contribution in [0.1, 0.15) is 5.56 Å². The highest BCUT2D eigenvalue weighted by atomic mass is 127. The summed E-state index contributed by atoms with van der Waals surface area (Å²) >= 11 is 5.61. The second-order valence-electron chi connectivity index (χ2n) is 6.14. The number of amides is 1. The molecule has 0 aromatic heterocycles. The number of hydrogen-bond acceptors (Lipinski definition) is 5. The van der Waals surface area contributed by atoms with Gasteiger partial charge >= 0.3 is 0 Å². The normalized spacial score (nSPS) is 11.5. The Kier molecular flexibility index (Phi) is 7.84. The van der Waals surface area contributed by atoms with E-state index in [0.717, 1.165) is 29.9 Å². The van der Waals surface area contributed by atoms with Crippen LogP contribution in [0.15, 0.2) is 52.0 Å². The summed E-state index contributed by atoms with van der Waals surface area (Å²) in [5.74, 6) is -0.538. The van der Waals surface area contributed by atoms with Crippen molar-refractivity contribution in [1.29, 1.82) is 0 Å². The fourth-order valence-electron chi connectivity index (χ4n) is 2.32. The van der Waals surface area contributed by atoms with Gasteiger partial charge in [-0.2, -0.15) is 5.10 Å². The molecule has 0 aliphatic rings. The van der Waals surface area contributed by atoms with E-state index in [9.17, 15) is 13.2 Å². The summed E-state index contributed by atoms with van der Waals surface area (Å²) in [4.78, 5) is 14.2. The molecule has 1 N–H and O–H groups in total. The van der Waals surface area contributed by atoms with Crippen LogP contribution in [0, 0.1) is 3.57 Å². The lowest BCUT2D eigenvalue weighted by molar-refractivity contribution is -0.119. The molecule has 2 aromatic rings. The molecule has 0 unspecified atom stereocenters. The first-order valence-corrected chi connectivity index (χ1v) is 11.8. The standard InChI is InChI=1S/C18H20BrIN4O3S/c1-23(2)17-9-4-13(10-16(17)19)11-21-22-18(25)12-24(28(3,26)27)15-7-5-14(20)6-8-15/h4-11H,12H2,1-3H3,(H,22,25)/b21-11-. The molecule has 10 heteroatoms. The second-order valence-corrected chi connectivity index (χ2v) is 10.2. The number of nitrogens with one attached hydrogen (secondary N) is 1. The van der Waals surface area contributed by atoms with Crippen LogP contribution in [-0.2, 0) is 14.8 Å². The van der Waals surface area contributed by atoms with E-state index in [4.69, 9.17) is 0 Å². The van der Waals surface area contributed by atoms with E-state index in [1.165, 1.54) is 6.21 Å². The van der Waals surface area contributed by atoms with Gasteiger partial charge in [0.2, 0.25) is 10.0 Å². The molecular formula is C18H20BrIN4O3S. The number of anilines is 2. The number of nitrogens with zero attached hydrogens (tertiary/aromatic N) is 3. The molecule has 0 radical (unpaired) electrons. The molecule has 2 aromatic carbocycles. The van der Waals surface area contributed by atoms with Crippen molar-refractivity contribution < 1.29 is 13.2 Å². The second kappa shape index (κ2) is 9.70. The minimum atomic E-state index is -3.61. The van der Waals surface area contributed by atoms with Crippen molar-refractivity contribution in [3.63, 3.8) is 0 Å². The molecule has 0 heterocycles. The third-order valence-corrected chi connectivity index (χ3v) is 6.15. The Labute approximate surface area is 187 Å². The Hall–Kier alpha value is -1.66. The highest BCUT2D eigenvalue weighted by Crippen LogP contribution is 2.25. The zero-order valence-corrected chi connectivity index (χ0v) is 20.1. The summed E-state index contributed by atoms with van der Waals surface area (Å²) in [6, 6.07) is 12.5. The molecule has 0 aliphatic heterocycles. The number of sulfonamides is 1. The van der Waals surface area contributed by atoms with Crippen LogP contribution in [0.3, 0.4) is 0 Å². The lowest BCUT2D eigenvalue weighted by Crippen LogP contribution is -2.39. The van der Waals surface area contributed by atoms with E-state index < -0.39 is 15.9 Å². The van der Waals surface area contributed by atoms with Crippen LogP contribution in [0.25, 0.3) is 0 Å². The fraction of sp³-hybridized carbons (Fsp3) is 0.222. The van der Waals surface area contributed by atoms with E-state index in [0.29, 0.717) is 5.69 Å². The summed E-state index contributed by atoms with van der Waals surface area (Å²) in [7, 11) is 0.265. The minimum Gasteiger partial charge on any atom is -0.377 e. The molecule has 28 heavy (non-hydrogen) atoms. The van der Waals surface area contributed by atoms with E-state index >= 15 is 0 Å². The maximum atomic E-state index is 12.2. The van der Waals surface area contributed by atoms with Crippen LogP contribution in [0.5, 0.6) is 0 Å². The van der Waals surface area contributed by atoms with Crippen LogP contribution in [-0.4, -0.2) is 47.4 Å². The highest BCUT2D eigenvalue weighted by Gasteiger charge is 2.20. The first-order chi connectivity index (χ1) is 13.1. The molecule has 0 aliphatic carbocycles. The number of benzene rings is 2. The first kappa shape index (κ1) is 22.6. The smallest absolute Gasteiger partial charge is 0.260 e. The van der Waals surface area contributed by atoms with Crippen molar-refractivity contribution >= 4 is 72.0 Å². The monoisotopic (exact) mass is 578 g/mol. The van der Waals surface area contributed by atoms with Gasteiger partial charge in [-0.05, 0) is 80.5 Å². The number of carbonyl (C=O) groups excluding carboxylic acids is 1. The van der Waals surface area contributed by atoms with Gasteiger partial charge in [-0.15, -0.1) is 0 Å². The summed E-state index contributed by atoms with van der Waals surface area (Å²) in [6.07, 6.45) is 2.56. The largest absolute Gasteiger partial charge is 0.377 e. The Morgan fingerprint density at radius 2 is 1.86 bits per heavy atom. The van der Waals surface area contributed by atoms with Gasteiger partial charge in [0, 0.05) is 22.1 Å². The third kappa shape index (κ3) is 6.45. The number of carbonyl (C=O) groups is 1. The molecule has 0 saturated heterocycles. The van der Waals surface area contributed by atoms with Gasteiger partial charge in [-0.25, -0.2) is 13.8 Å². The number of hydrogen-bond donors (Lipinski definition) is 1. The van der Waals surface area contributed by atoms with Gasteiger partial charge in [-0.1, -0.05) is 6.07 Å². The van der Waals surface area contributed by atoms with Crippen molar-refractivity contribution in [3.8, 4) is 0 Å². The minimum absolute atomic E-state index is 0.361. The fourth-order valence-corrected chi connectivity index (χ4v) is 4.29. The molecular weight excluding hydrogens is 559 g/mol. The van der Waals surface area contributed by atoms with Gasteiger partial charge in [0.25, 0.3) is 5.91 Å². The summed E-state index contributed by atoms with van der Waals surface area (Å²) < 4.78 is 27.0. The summed E-state index contributed by atoms with van der Waals surface area (Å²) in [6.45, 7) is -0.361. The molecule has 1 amide bonds. The molecule has 0 bridgehead atoms. The van der Waals surface area contributed by atoms with Crippen molar-refractivity contribution in [2.45, 2.75) is 0 Å². The van der Waals surface area contributed by atoms with E-state index in [1.54, 1.807) is 24.3 Å². The van der Waals surface area contributed by atoms with Crippen molar-refractivity contribution in [3.05, 3.63) is 56.1 Å². The van der Waals surface area contributed by atoms with Crippen molar-refractivity contribution in [2.75, 3.05) is 36.1 Å². The average Bonchev–Trinajstić information content (AvgIpc) is 2.59. The SMILES string of the molecule is CN(C)c1ccc(/C=N\NC(=O)CN(c2ccc(I)cc2)S(C)(=O)=O)cc1Br. The average molecular weight is 579 g/mol. The van der Waals surface area contributed by atoms with Crippen LogP contribution in [0.4, 0.5) is 11.4 Å². The Morgan fingerprint density at radius 3 is 2.39 bits per heavy atom. The van der Waals surface area contributed by atoms with Crippen molar-refractivity contribution in [2.24, 2.45) is 5.10 Å². The molecule has 2 rings (SSSR count). The Morgan fingerprint density at radius 1 is 1.21 bits per heavy atom. The topological polar surface area (TPSA) is 82.1 Å². The van der Waals surface area contributed by atoms with E-state index in [1.807, 2.05) is 37.2 Å². The number of halogens is 2. The summed E-state index contributed by atoms with van der Waals surface area (Å²) in [5.41, 5.74) is 4.59. The Balaban J connectivity index is 2.06. The molecule has 0 atom stereocenters. The molecule has 150 valence electrons. The maximum Gasteiger partial charge on any atom is 0.260 e. The molecule has 0 saturated carbocycles. The number of hydrazone groups is 1. The lowest BCUT2D eigenvalue weighted by atomic mass is 10.2.